The molecule has 0 atom stereocenters. The van der Waals surface area contributed by atoms with E-state index < -0.39 is 24.5 Å². The highest BCUT2D eigenvalue weighted by Gasteiger charge is 2.12. The van der Waals surface area contributed by atoms with Crippen molar-refractivity contribution in [3.63, 3.8) is 0 Å². The standard InChI is InChI=1S/C21H23NO6/c1-14(2)28-21(25)17-8-10-18(11-9-17)22-19(23)13-27-20(24)16-6-4-15(5-7-16)12-26-3/h4-11,14H,12-13H2,1-3H3,(H,22,23). The highest BCUT2D eigenvalue weighted by atomic mass is 16.5. The molecule has 7 nitrogen and oxygen atoms in total. The Kier molecular flexibility index (Phi) is 7.71. The second-order valence-electron chi connectivity index (χ2n) is 6.29. The highest BCUT2D eigenvalue weighted by Crippen LogP contribution is 2.12. The van der Waals surface area contributed by atoms with Gasteiger partial charge in [-0.15, -0.1) is 0 Å². The third-order valence-corrected chi connectivity index (χ3v) is 3.58. The topological polar surface area (TPSA) is 90.9 Å². The zero-order chi connectivity index (χ0) is 20.5. The molecule has 2 aromatic rings. The van der Waals surface area contributed by atoms with E-state index in [1.54, 1.807) is 69.5 Å². The number of rotatable bonds is 8. The summed E-state index contributed by atoms with van der Waals surface area (Å²) >= 11 is 0. The van der Waals surface area contributed by atoms with Gasteiger partial charge < -0.3 is 19.5 Å². The van der Waals surface area contributed by atoms with E-state index in [2.05, 4.69) is 5.32 Å². The number of nitrogens with one attached hydrogen (secondary N) is 1. The molecule has 2 rings (SSSR count). The molecule has 0 aliphatic heterocycles. The van der Waals surface area contributed by atoms with Gasteiger partial charge in [0, 0.05) is 12.8 Å². The largest absolute Gasteiger partial charge is 0.459 e. The van der Waals surface area contributed by atoms with Crippen LogP contribution in [0.5, 0.6) is 0 Å². The third kappa shape index (κ3) is 6.51. The van der Waals surface area contributed by atoms with E-state index in [1.165, 1.54) is 0 Å². The van der Waals surface area contributed by atoms with Gasteiger partial charge in [-0.3, -0.25) is 4.79 Å². The molecule has 0 fully saturated rings. The minimum atomic E-state index is -0.592. The second kappa shape index (κ2) is 10.2. The summed E-state index contributed by atoms with van der Waals surface area (Å²) in [5.74, 6) is -1.51. The van der Waals surface area contributed by atoms with Crippen molar-refractivity contribution in [2.24, 2.45) is 0 Å². The zero-order valence-corrected chi connectivity index (χ0v) is 16.1. The minimum absolute atomic E-state index is 0.210. The van der Waals surface area contributed by atoms with Crippen LogP contribution in [0.2, 0.25) is 0 Å². The molecule has 0 saturated carbocycles. The Labute approximate surface area is 163 Å². The molecule has 0 spiro atoms. The number of carbonyl (C=O) groups is 3. The maximum Gasteiger partial charge on any atom is 0.338 e. The molecule has 7 heteroatoms. The van der Waals surface area contributed by atoms with E-state index in [0.717, 1.165) is 5.56 Å². The number of ether oxygens (including phenoxy) is 3. The fourth-order valence-corrected chi connectivity index (χ4v) is 2.29. The van der Waals surface area contributed by atoms with Gasteiger partial charge in [-0.25, -0.2) is 9.59 Å². The van der Waals surface area contributed by atoms with E-state index in [-0.39, 0.29) is 6.10 Å². The number of hydrogen-bond donors (Lipinski definition) is 1. The van der Waals surface area contributed by atoms with Crippen molar-refractivity contribution in [3.05, 3.63) is 65.2 Å². The molecule has 1 amide bonds. The molecule has 1 N–H and O–H groups in total. The molecule has 0 radical (unpaired) electrons. The van der Waals surface area contributed by atoms with Gasteiger partial charge in [-0.2, -0.15) is 0 Å². The quantitative estimate of drug-likeness (QED) is 0.702. The fraction of sp³-hybridized carbons (Fsp3) is 0.286. The van der Waals surface area contributed by atoms with Gasteiger partial charge in [-0.1, -0.05) is 12.1 Å². The van der Waals surface area contributed by atoms with Crippen LogP contribution in [0.25, 0.3) is 0 Å². The third-order valence-electron chi connectivity index (χ3n) is 3.58. The van der Waals surface area contributed by atoms with Crippen molar-refractivity contribution in [3.8, 4) is 0 Å². The molecule has 0 aliphatic rings. The first-order valence-corrected chi connectivity index (χ1v) is 8.75. The second-order valence-corrected chi connectivity index (χ2v) is 6.29. The summed E-state index contributed by atoms with van der Waals surface area (Å²) in [4.78, 5) is 35.7. The van der Waals surface area contributed by atoms with Crippen molar-refractivity contribution < 1.29 is 28.6 Å². The highest BCUT2D eigenvalue weighted by molar-refractivity contribution is 5.96. The summed E-state index contributed by atoms with van der Waals surface area (Å²) in [6, 6.07) is 13.0. The van der Waals surface area contributed by atoms with E-state index in [0.29, 0.717) is 23.4 Å². The molecular formula is C21H23NO6. The smallest absolute Gasteiger partial charge is 0.338 e. The number of benzene rings is 2. The lowest BCUT2D eigenvalue weighted by atomic mass is 10.1. The SMILES string of the molecule is COCc1ccc(C(=O)OCC(=O)Nc2ccc(C(=O)OC(C)C)cc2)cc1. The first-order valence-electron chi connectivity index (χ1n) is 8.75. The Hall–Kier alpha value is -3.19. The number of hydrogen-bond acceptors (Lipinski definition) is 6. The predicted octanol–water partition coefficient (Wildman–Crippen LogP) is 3.19. The molecule has 0 aliphatic carbocycles. The lowest BCUT2D eigenvalue weighted by Gasteiger charge is -2.09. The van der Waals surface area contributed by atoms with Crippen LogP contribution in [-0.4, -0.2) is 37.7 Å². The summed E-state index contributed by atoms with van der Waals surface area (Å²) in [6.07, 6.45) is -0.210. The number of carbonyl (C=O) groups excluding carboxylic acids is 3. The van der Waals surface area contributed by atoms with Gasteiger partial charge in [0.25, 0.3) is 5.91 Å². The van der Waals surface area contributed by atoms with Crippen LogP contribution in [0.1, 0.15) is 40.1 Å². The summed E-state index contributed by atoms with van der Waals surface area (Å²) in [6.45, 7) is 3.56. The van der Waals surface area contributed by atoms with Crippen LogP contribution in [0.3, 0.4) is 0 Å². The van der Waals surface area contributed by atoms with Crippen LogP contribution in [0.15, 0.2) is 48.5 Å². The summed E-state index contributed by atoms with van der Waals surface area (Å²) < 4.78 is 15.1. The number of methoxy groups -OCH3 is 1. The van der Waals surface area contributed by atoms with Gasteiger partial charge >= 0.3 is 11.9 Å². The Morgan fingerprint density at radius 2 is 1.46 bits per heavy atom. The van der Waals surface area contributed by atoms with Crippen molar-refractivity contribution >= 4 is 23.5 Å². The average molecular weight is 385 g/mol. The lowest BCUT2D eigenvalue weighted by molar-refractivity contribution is -0.119. The predicted molar refractivity (Wildman–Crippen MR) is 103 cm³/mol. The van der Waals surface area contributed by atoms with Crippen LogP contribution in [0.4, 0.5) is 5.69 Å². The summed E-state index contributed by atoms with van der Waals surface area (Å²) in [5, 5.41) is 2.60. The van der Waals surface area contributed by atoms with Crippen molar-refractivity contribution in [1.82, 2.24) is 0 Å². The van der Waals surface area contributed by atoms with E-state index in [4.69, 9.17) is 14.2 Å². The van der Waals surface area contributed by atoms with Crippen LogP contribution >= 0.6 is 0 Å². The number of anilines is 1. The molecular weight excluding hydrogens is 362 g/mol. The Morgan fingerprint density at radius 3 is 2.04 bits per heavy atom. The molecule has 2 aromatic carbocycles. The van der Waals surface area contributed by atoms with Crippen LogP contribution in [-0.2, 0) is 25.6 Å². The van der Waals surface area contributed by atoms with E-state index in [1.807, 2.05) is 0 Å². The first-order chi connectivity index (χ1) is 13.4. The van der Waals surface area contributed by atoms with Gasteiger partial charge in [0.1, 0.15) is 0 Å². The lowest BCUT2D eigenvalue weighted by Crippen LogP contribution is -2.21. The fourth-order valence-electron chi connectivity index (χ4n) is 2.29. The van der Waals surface area contributed by atoms with E-state index >= 15 is 0 Å². The van der Waals surface area contributed by atoms with Crippen molar-refractivity contribution in [2.75, 3.05) is 19.0 Å². The molecule has 0 heterocycles. The maximum absolute atomic E-state index is 12.0. The van der Waals surface area contributed by atoms with Crippen molar-refractivity contribution in [2.45, 2.75) is 26.6 Å². The molecule has 0 aromatic heterocycles. The van der Waals surface area contributed by atoms with Gasteiger partial charge in [0.15, 0.2) is 6.61 Å². The monoisotopic (exact) mass is 385 g/mol. The summed E-state index contributed by atoms with van der Waals surface area (Å²) in [5.41, 5.74) is 2.14. The first kappa shape index (κ1) is 21.1. The van der Waals surface area contributed by atoms with Gasteiger partial charge in [0.05, 0.1) is 23.8 Å². The molecule has 148 valence electrons. The van der Waals surface area contributed by atoms with Crippen LogP contribution in [0, 0.1) is 0 Å². The number of amides is 1. The minimum Gasteiger partial charge on any atom is -0.459 e. The molecule has 28 heavy (non-hydrogen) atoms. The Morgan fingerprint density at radius 1 is 0.893 bits per heavy atom. The average Bonchev–Trinajstić information content (AvgIpc) is 2.67. The summed E-state index contributed by atoms with van der Waals surface area (Å²) in [7, 11) is 1.59. The van der Waals surface area contributed by atoms with Gasteiger partial charge in [-0.05, 0) is 55.8 Å². The Bertz CT molecular complexity index is 812. The van der Waals surface area contributed by atoms with Crippen LogP contribution < -0.4 is 5.32 Å². The Balaban J connectivity index is 1.83. The molecule has 0 unspecified atom stereocenters. The normalized spacial score (nSPS) is 10.4. The number of esters is 2. The van der Waals surface area contributed by atoms with Gasteiger partial charge in [0.2, 0.25) is 0 Å². The maximum atomic E-state index is 12.0. The zero-order valence-electron chi connectivity index (χ0n) is 16.1. The molecule has 0 saturated heterocycles. The van der Waals surface area contributed by atoms with E-state index in [9.17, 15) is 14.4 Å². The van der Waals surface area contributed by atoms with Crippen molar-refractivity contribution in [1.29, 1.82) is 0 Å². The molecule has 0 bridgehead atoms.